The summed E-state index contributed by atoms with van der Waals surface area (Å²) in [5.41, 5.74) is 2.73. The van der Waals surface area contributed by atoms with Gasteiger partial charge in [-0.25, -0.2) is 4.98 Å². The molecule has 0 saturated carbocycles. The van der Waals surface area contributed by atoms with E-state index in [1.54, 1.807) is 6.20 Å². The average Bonchev–Trinajstić information content (AvgIpc) is 2.79. The highest BCUT2D eigenvalue weighted by molar-refractivity contribution is 6.07. The number of hydrogen-bond donors (Lipinski definition) is 2. The van der Waals surface area contributed by atoms with Crippen LogP contribution in [0.1, 0.15) is 52.0 Å². The quantitative estimate of drug-likeness (QED) is 0.280. The number of aromatic nitrogens is 1. The number of nitrogens with one attached hydrogen (secondary N) is 2. The van der Waals surface area contributed by atoms with Crippen LogP contribution >= 0.6 is 0 Å². The van der Waals surface area contributed by atoms with E-state index in [4.69, 9.17) is 5.41 Å². The Kier molecular flexibility index (Phi) is 10.3. The molecule has 2 N–H and O–H groups in total. The van der Waals surface area contributed by atoms with Crippen LogP contribution in [0.15, 0.2) is 49.2 Å². The van der Waals surface area contributed by atoms with Gasteiger partial charge < -0.3 is 20.4 Å². The number of rotatable bonds is 10. The van der Waals surface area contributed by atoms with Gasteiger partial charge in [0.2, 0.25) is 0 Å². The standard InChI is InChI=1S/C20H23F3N4O.C6H10O/c1-3-13-11-27(12-13)17-9-10-25-19(18(17)16(24)4-2)26-14-5-7-15(8-6-14)28-20(21,22)23;1-3-5-6(7)4-2/h5-10,13,24H,3-4,11-12H2,1-2H3,(H,25,26);4H,2-3,5H2,1H3. The molecule has 190 valence electrons. The van der Waals surface area contributed by atoms with E-state index in [2.05, 4.69) is 33.4 Å². The number of nitrogens with zero attached hydrogens (tertiary/aromatic N) is 2. The van der Waals surface area contributed by atoms with Crippen LogP contribution in [0.2, 0.25) is 0 Å². The van der Waals surface area contributed by atoms with Crippen molar-refractivity contribution >= 4 is 28.7 Å². The Balaban J connectivity index is 0.000000540. The van der Waals surface area contributed by atoms with E-state index >= 15 is 0 Å². The van der Waals surface area contributed by atoms with Crippen molar-refractivity contribution in [3.05, 3.63) is 54.7 Å². The SMILES string of the molecule is C=CC(=O)CCC.CCC(=N)c1c(N2CC(CC)C2)ccnc1Nc1ccc(OC(F)(F)F)cc1. The van der Waals surface area contributed by atoms with Crippen LogP contribution in [0.4, 0.5) is 30.4 Å². The third-order valence-electron chi connectivity index (χ3n) is 5.53. The molecule has 1 aliphatic heterocycles. The number of allylic oxidation sites excluding steroid dienone is 1. The smallest absolute Gasteiger partial charge is 0.406 e. The molecule has 35 heavy (non-hydrogen) atoms. The van der Waals surface area contributed by atoms with E-state index in [1.807, 2.05) is 19.9 Å². The van der Waals surface area contributed by atoms with Crippen molar-refractivity contribution in [1.82, 2.24) is 4.98 Å². The number of benzene rings is 1. The fourth-order valence-corrected chi connectivity index (χ4v) is 3.53. The van der Waals surface area contributed by atoms with Gasteiger partial charge >= 0.3 is 6.36 Å². The van der Waals surface area contributed by atoms with Gasteiger partial charge in [0.1, 0.15) is 11.6 Å². The molecule has 1 aliphatic rings. The maximum atomic E-state index is 12.3. The van der Waals surface area contributed by atoms with E-state index in [0.717, 1.165) is 37.2 Å². The first-order valence-electron chi connectivity index (χ1n) is 11.7. The lowest BCUT2D eigenvalue weighted by Crippen LogP contribution is -2.47. The highest BCUT2D eigenvalue weighted by atomic mass is 19.4. The normalized spacial score (nSPS) is 13.3. The topological polar surface area (TPSA) is 78.3 Å². The van der Waals surface area contributed by atoms with E-state index in [-0.39, 0.29) is 11.5 Å². The molecule has 0 bridgehead atoms. The molecule has 0 unspecified atom stereocenters. The van der Waals surface area contributed by atoms with Gasteiger partial charge in [-0.2, -0.15) is 0 Å². The molecule has 0 amide bonds. The Morgan fingerprint density at radius 3 is 2.37 bits per heavy atom. The molecular weight excluding hydrogens is 457 g/mol. The summed E-state index contributed by atoms with van der Waals surface area (Å²) in [6.07, 6.45) is 1.57. The summed E-state index contributed by atoms with van der Waals surface area (Å²) in [6, 6.07) is 7.38. The summed E-state index contributed by atoms with van der Waals surface area (Å²) >= 11 is 0. The number of pyridine rings is 1. The summed E-state index contributed by atoms with van der Waals surface area (Å²) in [4.78, 5) is 16.9. The van der Waals surface area contributed by atoms with Crippen LogP contribution in [0.3, 0.4) is 0 Å². The third-order valence-corrected chi connectivity index (χ3v) is 5.53. The minimum atomic E-state index is -4.72. The van der Waals surface area contributed by atoms with Crippen molar-refractivity contribution in [3.63, 3.8) is 0 Å². The first-order valence-corrected chi connectivity index (χ1v) is 11.7. The summed E-state index contributed by atoms with van der Waals surface area (Å²) in [7, 11) is 0. The van der Waals surface area contributed by atoms with Crippen LogP contribution in [0.25, 0.3) is 0 Å². The zero-order chi connectivity index (χ0) is 26.0. The summed E-state index contributed by atoms with van der Waals surface area (Å²) < 4.78 is 40.8. The molecule has 2 aromatic rings. The second kappa shape index (κ2) is 12.9. The number of carbonyl (C=O) groups is 1. The fraction of sp³-hybridized carbons (Fsp3) is 0.423. The summed E-state index contributed by atoms with van der Waals surface area (Å²) in [5, 5.41) is 11.5. The first-order chi connectivity index (χ1) is 16.6. The zero-order valence-electron chi connectivity index (χ0n) is 20.4. The number of carbonyl (C=O) groups excluding carboxylic acids is 1. The molecule has 1 saturated heterocycles. The van der Waals surface area contributed by atoms with Gasteiger partial charge in [-0.1, -0.05) is 27.4 Å². The Morgan fingerprint density at radius 1 is 1.23 bits per heavy atom. The largest absolute Gasteiger partial charge is 0.573 e. The molecule has 3 rings (SSSR count). The second-order valence-corrected chi connectivity index (χ2v) is 8.18. The molecule has 1 aromatic carbocycles. The zero-order valence-corrected chi connectivity index (χ0v) is 20.4. The van der Waals surface area contributed by atoms with E-state index in [1.165, 1.54) is 30.3 Å². The summed E-state index contributed by atoms with van der Waals surface area (Å²) in [5.74, 6) is 1.04. The lowest BCUT2D eigenvalue weighted by Gasteiger charge is -2.42. The lowest BCUT2D eigenvalue weighted by atomic mass is 9.94. The third kappa shape index (κ3) is 8.42. The van der Waals surface area contributed by atoms with E-state index in [0.29, 0.717) is 36.0 Å². The number of ketones is 1. The van der Waals surface area contributed by atoms with Gasteiger partial charge in [0.15, 0.2) is 5.78 Å². The van der Waals surface area contributed by atoms with Gasteiger partial charge in [-0.3, -0.25) is 4.79 Å². The average molecular weight is 491 g/mol. The number of halogens is 3. The molecule has 0 aliphatic carbocycles. The molecule has 2 heterocycles. The van der Waals surface area contributed by atoms with E-state index in [9.17, 15) is 18.0 Å². The van der Waals surface area contributed by atoms with Gasteiger partial charge in [0.25, 0.3) is 0 Å². The Hall–Kier alpha value is -3.36. The Morgan fingerprint density at radius 2 is 1.89 bits per heavy atom. The number of hydrogen-bond acceptors (Lipinski definition) is 6. The maximum absolute atomic E-state index is 12.3. The van der Waals surface area contributed by atoms with Gasteiger partial charge in [-0.05, 0) is 61.6 Å². The number of alkyl halides is 3. The molecule has 9 heteroatoms. The van der Waals surface area contributed by atoms with Gasteiger partial charge in [0, 0.05) is 37.1 Å². The fourth-order valence-electron chi connectivity index (χ4n) is 3.53. The van der Waals surface area contributed by atoms with Crippen molar-refractivity contribution in [3.8, 4) is 5.75 Å². The van der Waals surface area contributed by atoms with Crippen molar-refractivity contribution < 1.29 is 22.7 Å². The minimum absolute atomic E-state index is 0.141. The van der Waals surface area contributed by atoms with Crippen LogP contribution in [0.5, 0.6) is 5.75 Å². The first kappa shape index (κ1) is 27.9. The molecule has 0 atom stereocenters. The molecule has 6 nitrogen and oxygen atoms in total. The number of anilines is 3. The number of ether oxygens (including phenoxy) is 1. The van der Waals surface area contributed by atoms with Gasteiger partial charge in [-0.15, -0.1) is 13.2 Å². The minimum Gasteiger partial charge on any atom is -0.406 e. The lowest BCUT2D eigenvalue weighted by molar-refractivity contribution is -0.274. The summed E-state index contributed by atoms with van der Waals surface area (Å²) in [6.45, 7) is 11.3. The molecular formula is C26H33F3N4O2. The van der Waals surface area contributed by atoms with Crippen molar-refractivity contribution in [2.45, 2.75) is 52.8 Å². The van der Waals surface area contributed by atoms with Crippen molar-refractivity contribution in [1.29, 1.82) is 5.41 Å². The highest BCUT2D eigenvalue weighted by Gasteiger charge is 2.31. The maximum Gasteiger partial charge on any atom is 0.573 e. The Labute approximate surface area is 204 Å². The molecule has 1 aromatic heterocycles. The van der Waals surface area contributed by atoms with Gasteiger partial charge in [0.05, 0.1) is 11.3 Å². The van der Waals surface area contributed by atoms with Crippen LogP contribution in [0, 0.1) is 11.3 Å². The highest BCUT2D eigenvalue weighted by Crippen LogP contribution is 2.34. The second-order valence-electron chi connectivity index (χ2n) is 8.18. The molecule has 1 fully saturated rings. The van der Waals surface area contributed by atoms with E-state index < -0.39 is 6.36 Å². The van der Waals surface area contributed by atoms with Crippen LogP contribution in [-0.2, 0) is 4.79 Å². The Bertz CT molecular complexity index is 1000. The van der Waals surface area contributed by atoms with Crippen molar-refractivity contribution in [2.24, 2.45) is 5.92 Å². The van der Waals surface area contributed by atoms with Crippen LogP contribution in [-0.4, -0.2) is 35.9 Å². The predicted octanol–water partition coefficient (Wildman–Crippen LogP) is 6.89. The van der Waals surface area contributed by atoms with Crippen LogP contribution < -0.4 is 15.0 Å². The molecule has 0 radical (unpaired) electrons. The molecule has 0 spiro atoms. The predicted molar refractivity (Wildman–Crippen MR) is 134 cm³/mol. The monoisotopic (exact) mass is 490 g/mol. The van der Waals surface area contributed by atoms with Crippen molar-refractivity contribution in [2.75, 3.05) is 23.3 Å².